The number of pyridine rings is 1. The Bertz CT molecular complexity index is 1200. The largest absolute Gasteiger partial charge is 0.495 e. The number of aromatic nitrogens is 4. The van der Waals surface area contributed by atoms with E-state index < -0.39 is 57.9 Å². The van der Waals surface area contributed by atoms with Crippen molar-refractivity contribution in [2.75, 3.05) is 7.11 Å². The molecule has 0 aliphatic carbocycles. The van der Waals surface area contributed by atoms with Crippen LogP contribution in [-0.2, 0) is 12.7 Å². The van der Waals surface area contributed by atoms with Gasteiger partial charge in [-0.2, -0.15) is 40.2 Å². The summed E-state index contributed by atoms with van der Waals surface area (Å²) in [5.41, 5.74) is -5.39. The molecular formula is C16H9ClF8N4O2. The zero-order chi connectivity index (χ0) is 23.4. The zero-order valence-corrected chi connectivity index (χ0v) is 15.8. The van der Waals surface area contributed by atoms with Gasteiger partial charge in [0.25, 0.3) is 5.56 Å². The molecule has 0 radical (unpaired) electrons. The quantitative estimate of drug-likeness (QED) is 0.523. The Morgan fingerprint density at radius 1 is 1.13 bits per heavy atom. The number of nitrogens with zero attached hydrogens (tertiary/aromatic N) is 4. The second-order valence-corrected chi connectivity index (χ2v) is 6.54. The van der Waals surface area contributed by atoms with Crippen LogP contribution in [0.1, 0.15) is 5.69 Å². The fraction of sp³-hybridized carbons (Fsp3) is 0.312. The van der Waals surface area contributed by atoms with Crippen molar-refractivity contribution in [3.63, 3.8) is 0 Å². The molecule has 31 heavy (non-hydrogen) atoms. The number of hydrogen-bond acceptors (Lipinski definition) is 4. The standard InChI is InChI=1S/C16H9ClF8N4O2/c1-31-8-2-3-29-12(10(8)17)27-11(15(20,21)22)9(13(29)30)7-4-26-28(5-7)6-14(18,19)16(23,24)25/h2-5H,6H2,1H3. The summed E-state index contributed by atoms with van der Waals surface area (Å²) in [6.45, 7) is -2.00. The van der Waals surface area contributed by atoms with E-state index in [1.165, 1.54) is 13.2 Å². The lowest BCUT2D eigenvalue weighted by Gasteiger charge is -2.19. The summed E-state index contributed by atoms with van der Waals surface area (Å²) in [4.78, 5) is 16.1. The van der Waals surface area contributed by atoms with Gasteiger partial charge in [-0.1, -0.05) is 11.6 Å². The number of methoxy groups -OCH3 is 1. The molecular weight excluding hydrogens is 468 g/mol. The van der Waals surface area contributed by atoms with Gasteiger partial charge in [0, 0.05) is 18.0 Å². The van der Waals surface area contributed by atoms with Gasteiger partial charge in [-0.25, -0.2) is 4.98 Å². The van der Waals surface area contributed by atoms with Crippen molar-refractivity contribution < 1.29 is 39.9 Å². The minimum atomic E-state index is -5.91. The topological polar surface area (TPSA) is 61.4 Å². The fourth-order valence-corrected chi connectivity index (χ4v) is 2.92. The maximum Gasteiger partial charge on any atom is 0.455 e. The predicted molar refractivity (Wildman–Crippen MR) is 90.2 cm³/mol. The van der Waals surface area contributed by atoms with Gasteiger partial charge in [0.15, 0.2) is 11.3 Å². The Morgan fingerprint density at radius 3 is 2.32 bits per heavy atom. The summed E-state index contributed by atoms with van der Waals surface area (Å²) >= 11 is 5.93. The molecule has 3 aromatic heterocycles. The third-order valence-electron chi connectivity index (χ3n) is 4.09. The first-order valence-corrected chi connectivity index (χ1v) is 8.38. The summed E-state index contributed by atoms with van der Waals surface area (Å²) in [7, 11) is 1.18. The Labute approximate surface area is 171 Å². The highest BCUT2D eigenvalue weighted by molar-refractivity contribution is 6.35. The van der Waals surface area contributed by atoms with Crippen LogP contribution in [0.4, 0.5) is 35.1 Å². The number of alkyl halides is 8. The Kier molecular flexibility index (Phi) is 5.40. The van der Waals surface area contributed by atoms with Crippen LogP contribution in [0.5, 0.6) is 5.75 Å². The van der Waals surface area contributed by atoms with E-state index in [0.717, 1.165) is 6.20 Å². The van der Waals surface area contributed by atoms with Crippen LogP contribution >= 0.6 is 11.6 Å². The van der Waals surface area contributed by atoms with E-state index >= 15 is 0 Å². The third kappa shape index (κ3) is 4.03. The molecule has 15 heteroatoms. The van der Waals surface area contributed by atoms with E-state index in [0.29, 0.717) is 16.8 Å². The number of fused-ring (bicyclic) bond motifs is 1. The van der Waals surface area contributed by atoms with Crippen molar-refractivity contribution in [1.29, 1.82) is 0 Å². The summed E-state index contributed by atoms with van der Waals surface area (Å²) in [5.74, 6) is -5.28. The van der Waals surface area contributed by atoms with Crippen LogP contribution in [0.15, 0.2) is 29.5 Å². The Balaban J connectivity index is 2.22. The molecule has 3 aromatic rings. The smallest absolute Gasteiger partial charge is 0.455 e. The van der Waals surface area contributed by atoms with Crippen molar-refractivity contribution in [1.82, 2.24) is 19.2 Å². The monoisotopic (exact) mass is 476 g/mol. The van der Waals surface area contributed by atoms with Crippen LogP contribution < -0.4 is 10.3 Å². The van der Waals surface area contributed by atoms with Gasteiger partial charge in [-0.15, -0.1) is 0 Å². The third-order valence-corrected chi connectivity index (χ3v) is 4.44. The van der Waals surface area contributed by atoms with Crippen molar-refractivity contribution in [3.8, 4) is 16.9 Å². The number of rotatable bonds is 4. The van der Waals surface area contributed by atoms with Crippen molar-refractivity contribution >= 4 is 17.2 Å². The number of hydrogen-bond donors (Lipinski definition) is 0. The molecule has 0 aliphatic heterocycles. The molecule has 0 fully saturated rings. The zero-order valence-electron chi connectivity index (χ0n) is 15.0. The lowest BCUT2D eigenvalue weighted by molar-refractivity contribution is -0.287. The molecule has 3 rings (SSSR count). The molecule has 0 amide bonds. The van der Waals surface area contributed by atoms with E-state index in [4.69, 9.17) is 16.3 Å². The molecule has 0 N–H and O–H groups in total. The molecule has 0 aliphatic rings. The van der Waals surface area contributed by atoms with Gasteiger partial charge >= 0.3 is 18.3 Å². The minimum Gasteiger partial charge on any atom is -0.495 e. The molecule has 0 aromatic carbocycles. The van der Waals surface area contributed by atoms with Crippen LogP contribution in [-0.4, -0.2) is 38.4 Å². The van der Waals surface area contributed by atoms with Gasteiger partial charge in [-0.05, 0) is 6.07 Å². The number of ether oxygens (including phenoxy) is 1. The first-order chi connectivity index (χ1) is 14.2. The molecule has 6 nitrogen and oxygen atoms in total. The van der Waals surface area contributed by atoms with Gasteiger partial charge in [-0.3, -0.25) is 13.9 Å². The summed E-state index contributed by atoms with van der Waals surface area (Å²) in [6, 6.07) is 1.17. The van der Waals surface area contributed by atoms with E-state index in [2.05, 4.69) is 10.1 Å². The highest BCUT2D eigenvalue weighted by atomic mass is 35.5. The van der Waals surface area contributed by atoms with E-state index in [1.807, 2.05) is 0 Å². The van der Waals surface area contributed by atoms with Crippen LogP contribution in [0.3, 0.4) is 0 Å². The number of halogens is 9. The summed E-state index contributed by atoms with van der Waals surface area (Å²) in [6.07, 6.45) is -9.08. The first-order valence-electron chi connectivity index (χ1n) is 8.01. The summed E-state index contributed by atoms with van der Waals surface area (Å²) < 4.78 is 110. The average molecular weight is 477 g/mol. The fourth-order valence-electron chi connectivity index (χ4n) is 2.65. The second kappa shape index (κ2) is 7.35. The molecule has 0 spiro atoms. The van der Waals surface area contributed by atoms with Crippen molar-refractivity contribution in [2.24, 2.45) is 0 Å². The Morgan fingerprint density at radius 2 is 1.77 bits per heavy atom. The lowest BCUT2D eigenvalue weighted by atomic mass is 10.1. The van der Waals surface area contributed by atoms with E-state index in [9.17, 15) is 39.9 Å². The van der Waals surface area contributed by atoms with Crippen LogP contribution in [0.2, 0.25) is 5.02 Å². The molecule has 168 valence electrons. The lowest BCUT2D eigenvalue weighted by Crippen LogP contribution is -2.40. The van der Waals surface area contributed by atoms with Gasteiger partial charge in [0.1, 0.15) is 17.3 Å². The second-order valence-electron chi connectivity index (χ2n) is 6.16. The molecule has 3 heterocycles. The highest BCUT2D eigenvalue weighted by Crippen LogP contribution is 2.38. The van der Waals surface area contributed by atoms with Gasteiger partial charge in [0.05, 0.1) is 18.9 Å². The highest BCUT2D eigenvalue weighted by Gasteiger charge is 2.57. The van der Waals surface area contributed by atoms with E-state index in [1.54, 1.807) is 0 Å². The normalized spacial score (nSPS) is 13.1. The van der Waals surface area contributed by atoms with Crippen LogP contribution in [0, 0.1) is 0 Å². The van der Waals surface area contributed by atoms with Gasteiger partial charge < -0.3 is 4.74 Å². The Hall–Kier alpha value is -2.90. The van der Waals surface area contributed by atoms with Crippen molar-refractivity contribution in [3.05, 3.63) is 45.7 Å². The predicted octanol–water partition coefficient (Wildman–Crippen LogP) is 4.44. The SMILES string of the molecule is COc1ccn2c(=O)c(-c3cnn(CC(F)(F)C(F)(F)F)c3)c(C(F)(F)F)nc2c1Cl. The summed E-state index contributed by atoms with van der Waals surface area (Å²) in [5, 5.41) is 2.82. The molecule has 0 saturated carbocycles. The van der Waals surface area contributed by atoms with Gasteiger partial charge in [0.2, 0.25) is 0 Å². The molecule has 0 atom stereocenters. The molecule has 0 unspecified atom stereocenters. The maximum atomic E-state index is 13.6. The van der Waals surface area contributed by atoms with Crippen LogP contribution in [0.25, 0.3) is 16.8 Å². The molecule has 0 bridgehead atoms. The average Bonchev–Trinajstić information content (AvgIpc) is 3.07. The van der Waals surface area contributed by atoms with Crippen molar-refractivity contribution in [2.45, 2.75) is 24.8 Å². The van der Waals surface area contributed by atoms with E-state index in [-0.39, 0.29) is 10.4 Å². The maximum absolute atomic E-state index is 13.6. The molecule has 0 saturated heterocycles. The first kappa shape index (κ1) is 22.8. The minimum absolute atomic E-state index is 0.0726.